The standard InChI is InChI=1S/C15H18N5.2C13H14N5O2S.2C10H8N5.3Be.2Ga/c1-3-19(4-2)10-13-11-20-15(16-13)17-14(18-20)12-8-6-5-7-9-12;2*1-9-15-13-16-11(8-14-21(2,19)20)12(18(13)17-9)10-6-4-3-5-7-10;1-7-9(8-4-2-3-5-11-8)14-10-12-6-13-15(7)10;1-7-12-10-13-9(6-15(10)14-7)8-4-2-3-5-11-8;;;;;/h5-9,11H,3-4,10H2,1-2H3;2*3-7,14H,8H2,1-2H3;2*2-6H,1H3;;;;;/q5*-1;3*+2;2*+3. The van der Waals surface area contributed by atoms with Crippen LogP contribution in [0.25, 0.3) is 85.6 Å². The van der Waals surface area contributed by atoms with Crippen molar-refractivity contribution in [3.8, 4) is 56.7 Å². The van der Waals surface area contributed by atoms with Gasteiger partial charge >= 0.3 is 69.9 Å². The largest absolute Gasteiger partial charge is 3.00 e. The molecule has 0 aliphatic heterocycles. The van der Waals surface area contributed by atoms with Gasteiger partial charge < -0.3 is 92.8 Å². The van der Waals surface area contributed by atoms with E-state index in [-0.39, 0.29) is 83.0 Å². The van der Waals surface area contributed by atoms with E-state index in [1.807, 2.05) is 154 Å². The Bertz CT molecular complexity index is 4940. The molecule has 12 aromatic heterocycles. The first kappa shape index (κ1) is 76.9. The summed E-state index contributed by atoms with van der Waals surface area (Å²) in [5, 5.41) is 21.4. The molecule has 15 rings (SSSR count). The Morgan fingerprint density at radius 3 is 1.40 bits per heavy atom. The minimum Gasteiger partial charge on any atom is -0.324 e. The van der Waals surface area contributed by atoms with E-state index >= 15 is 0 Å². The third-order valence-corrected chi connectivity index (χ3v) is 15.1. The van der Waals surface area contributed by atoms with Gasteiger partial charge in [0.2, 0.25) is 20.0 Å². The van der Waals surface area contributed by atoms with E-state index < -0.39 is 20.0 Å². The van der Waals surface area contributed by atoms with E-state index in [4.69, 9.17) is 0 Å². The molecule has 29 nitrogen and oxygen atoms in total. The summed E-state index contributed by atoms with van der Waals surface area (Å²) in [5.74, 6) is 5.54. The van der Waals surface area contributed by atoms with Crippen molar-refractivity contribution in [2.45, 2.75) is 61.2 Å². The first-order chi connectivity index (χ1) is 44.4. The zero-order chi connectivity index (χ0) is 64.5. The summed E-state index contributed by atoms with van der Waals surface area (Å²) >= 11 is 0. The molecule has 0 saturated heterocycles. The Kier molecular flexibility index (Phi) is 27.1. The van der Waals surface area contributed by atoms with Crippen molar-refractivity contribution in [3.05, 3.63) is 199 Å². The SMILES string of the molecule is CCN(CC)Cc1cn2nc(-c3ccccc3)[n-]c2n1.Cc1c(-c2ccccn2)nc2[n-]cnn12.Cc1nn2c(-c3ccccc3)c(CNS(C)(=O)=O)nc2[n-]1.Cc1nn2c(-c3ccccc3)c(CNS(C)(=O)=O)nc2[n-]1.Cc1nn2cc(-c3ccccn3)nc2[n-]1.[Be+2].[Be+2].[Be+2].[Ga+3].[Ga+3]. The normalized spacial score (nSPS) is 11.0. The van der Waals surface area contributed by atoms with E-state index in [0.717, 1.165) is 106 Å². The molecule has 3 aromatic carbocycles. The number of nitrogens with one attached hydrogen (secondary N) is 2. The van der Waals surface area contributed by atoms with Crippen LogP contribution in [0, 0.1) is 27.7 Å². The number of fused-ring (bicyclic) bond motifs is 5. The van der Waals surface area contributed by atoms with Crippen LogP contribution in [0.4, 0.5) is 0 Å². The van der Waals surface area contributed by atoms with Crippen molar-refractivity contribution in [1.82, 2.24) is 122 Å². The number of rotatable bonds is 15. The predicted octanol–water partition coefficient (Wildman–Crippen LogP) is 3.83. The molecular weight excluding hydrogens is 1380 g/mol. The molecule has 0 saturated carbocycles. The fourth-order valence-corrected chi connectivity index (χ4v) is 10.3. The number of hydrogen-bond donors (Lipinski definition) is 2. The van der Waals surface area contributed by atoms with Crippen LogP contribution in [0.1, 0.15) is 54.1 Å². The Morgan fingerprint density at radius 1 is 0.474 bits per heavy atom. The van der Waals surface area contributed by atoms with Gasteiger partial charge in [0.1, 0.15) is 0 Å². The number of aryl methyl sites for hydroxylation is 4. The van der Waals surface area contributed by atoms with Crippen molar-refractivity contribution in [1.29, 1.82) is 0 Å². The van der Waals surface area contributed by atoms with Crippen molar-refractivity contribution in [2.24, 2.45) is 0 Å². The molecule has 0 amide bonds. The van der Waals surface area contributed by atoms with Gasteiger partial charge in [-0.25, -0.2) is 26.3 Å². The molecule has 97 heavy (non-hydrogen) atoms. The number of hydrogen-bond acceptors (Lipinski definition) is 17. The number of benzene rings is 3. The molecule has 0 spiro atoms. The first-order valence-corrected chi connectivity index (χ1v) is 32.6. The molecule has 0 unspecified atom stereocenters. The second-order valence-electron chi connectivity index (χ2n) is 20.7. The number of aromatic nitrogens is 22. The zero-order valence-electron chi connectivity index (χ0n) is 54.6. The number of imidazole rings is 5. The zero-order valence-corrected chi connectivity index (χ0v) is 61.0. The Labute approximate surface area is 595 Å². The van der Waals surface area contributed by atoms with Gasteiger partial charge in [0, 0.05) is 101 Å². The van der Waals surface area contributed by atoms with Crippen molar-refractivity contribution in [3.63, 3.8) is 0 Å². The third-order valence-electron chi connectivity index (χ3n) is 13.8. The molecule has 2 N–H and O–H groups in total. The van der Waals surface area contributed by atoms with E-state index in [2.05, 4.69) is 113 Å². The molecular formula is C61H62Be3Ga2N25O4S2+7. The van der Waals surface area contributed by atoms with E-state index in [1.54, 1.807) is 48.8 Å². The maximum atomic E-state index is 11.3. The smallest absolute Gasteiger partial charge is 0.324 e. The van der Waals surface area contributed by atoms with Crippen molar-refractivity contribution < 1.29 is 16.8 Å². The molecule has 0 bridgehead atoms. The van der Waals surface area contributed by atoms with Crippen LogP contribution in [0.5, 0.6) is 0 Å². The minimum absolute atomic E-state index is 0. The summed E-state index contributed by atoms with van der Waals surface area (Å²) in [7, 11) is -6.58. The van der Waals surface area contributed by atoms with Gasteiger partial charge in [-0.3, -0.25) is 20.0 Å². The summed E-state index contributed by atoms with van der Waals surface area (Å²) in [6.07, 6.45) is 11.0. The van der Waals surface area contributed by atoms with Gasteiger partial charge in [0.25, 0.3) is 0 Å². The number of nitrogens with zero attached hydrogens (tertiary/aromatic N) is 23. The molecule has 0 aliphatic rings. The van der Waals surface area contributed by atoms with Crippen LogP contribution in [0.2, 0.25) is 0 Å². The summed E-state index contributed by atoms with van der Waals surface area (Å²) in [4.78, 5) is 53.9. The molecule has 0 fully saturated rings. The van der Waals surface area contributed by atoms with E-state index in [1.165, 1.54) is 6.33 Å². The molecule has 0 atom stereocenters. The third kappa shape index (κ3) is 19.1. The maximum absolute atomic E-state index is 11.3. The van der Waals surface area contributed by atoms with Crippen LogP contribution in [-0.2, 0) is 39.7 Å². The second-order valence-corrected chi connectivity index (χ2v) is 24.4. The molecule has 15 aromatic rings. The van der Waals surface area contributed by atoms with Gasteiger partial charge in [-0.15, -0.1) is 0 Å². The number of sulfonamides is 2. The van der Waals surface area contributed by atoms with Crippen LogP contribution in [0.15, 0.2) is 159 Å². The molecule has 12 heterocycles. The topological polar surface area (TPSA) is 343 Å². The van der Waals surface area contributed by atoms with E-state index in [0.29, 0.717) is 51.9 Å². The van der Waals surface area contributed by atoms with Crippen LogP contribution in [0.3, 0.4) is 0 Å². The summed E-state index contributed by atoms with van der Waals surface area (Å²) < 4.78 is 58.5. The predicted molar refractivity (Wildman–Crippen MR) is 372 cm³/mol. The van der Waals surface area contributed by atoms with Gasteiger partial charge in [-0.2, -0.15) is 0 Å². The summed E-state index contributed by atoms with van der Waals surface area (Å²) in [6, 6.07) is 40.6. The van der Waals surface area contributed by atoms with Gasteiger partial charge in [-0.05, 0) is 94.1 Å². The quantitative estimate of drug-likeness (QED) is 0.138. The minimum atomic E-state index is -3.29. The van der Waals surface area contributed by atoms with Crippen LogP contribution < -0.4 is 34.4 Å². The average Bonchev–Trinajstić information content (AvgIpc) is 1.66. The van der Waals surface area contributed by atoms with Gasteiger partial charge in [0.05, 0.1) is 58.6 Å². The van der Waals surface area contributed by atoms with Crippen LogP contribution >= 0.6 is 0 Å². The maximum Gasteiger partial charge on any atom is 3.00 e. The molecule has 0 radical (unpaired) electrons. The molecule has 36 heteroatoms. The Balaban J connectivity index is 0.000000190. The van der Waals surface area contributed by atoms with Crippen molar-refractivity contribution in [2.75, 3.05) is 25.6 Å². The molecule has 472 valence electrons. The Hall–Kier alpha value is -9.08. The Morgan fingerprint density at radius 2 is 0.938 bits per heavy atom. The monoisotopic (exact) mass is 1440 g/mol. The fourth-order valence-electron chi connectivity index (χ4n) is 9.54. The second kappa shape index (κ2) is 34.2. The summed E-state index contributed by atoms with van der Waals surface area (Å²) in [5.41, 5.74) is 10.8. The van der Waals surface area contributed by atoms with Crippen LogP contribution in [-0.4, -0.2) is 200 Å². The molecule has 0 aliphatic carbocycles. The fraction of sp³-hybridized carbons (Fsp3) is 0.213. The number of pyridine rings is 2. The average molecular weight is 1440 g/mol. The van der Waals surface area contributed by atoms with Crippen molar-refractivity contribution >= 4 is 119 Å². The first-order valence-electron chi connectivity index (χ1n) is 28.8. The van der Waals surface area contributed by atoms with E-state index in [9.17, 15) is 16.8 Å². The van der Waals surface area contributed by atoms with Gasteiger partial charge in [-0.1, -0.05) is 117 Å². The summed E-state index contributed by atoms with van der Waals surface area (Å²) in [6.45, 7) is 14.8. The van der Waals surface area contributed by atoms with Gasteiger partial charge in [0.15, 0.2) is 0 Å².